The lowest BCUT2D eigenvalue weighted by molar-refractivity contribution is 0.0982. The van der Waals surface area contributed by atoms with Crippen LogP contribution < -0.4 is 0 Å². The Morgan fingerprint density at radius 2 is 1.89 bits per heavy atom. The minimum atomic E-state index is 0.256. The van der Waals surface area contributed by atoms with Crippen LogP contribution in [-0.2, 0) is 0 Å². The summed E-state index contributed by atoms with van der Waals surface area (Å²) in [5, 5.41) is 0. The number of rotatable bonds is 8. The lowest BCUT2D eigenvalue weighted by atomic mass is 10.1. The summed E-state index contributed by atoms with van der Waals surface area (Å²) in [4.78, 5) is 11.9. The quantitative estimate of drug-likeness (QED) is 0.482. The van der Waals surface area contributed by atoms with Gasteiger partial charge in [0.25, 0.3) is 0 Å². The number of ketones is 1. The van der Waals surface area contributed by atoms with Crippen molar-refractivity contribution in [3.63, 3.8) is 0 Å². The zero-order chi connectivity index (χ0) is 13.4. The van der Waals surface area contributed by atoms with Crippen LogP contribution in [0.4, 0.5) is 0 Å². The molecule has 0 aliphatic carbocycles. The van der Waals surface area contributed by atoms with Gasteiger partial charge < -0.3 is 0 Å². The SMILES string of the molecule is CC(C)CCSCCCC(=O)c1ccc(Br)cc1. The minimum Gasteiger partial charge on any atom is -0.294 e. The Morgan fingerprint density at radius 1 is 1.22 bits per heavy atom. The molecular weight excluding hydrogens is 308 g/mol. The fraction of sp³-hybridized carbons (Fsp3) is 0.533. The summed E-state index contributed by atoms with van der Waals surface area (Å²) in [6, 6.07) is 7.62. The Bertz CT molecular complexity index is 359. The van der Waals surface area contributed by atoms with Crippen molar-refractivity contribution in [2.75, 3.05) is 11.5 Å². The normalized spacial score (nSPS) is 10.9. The van der Waals surface area contributed by atoms with Gasteiger partial charge in [0.1, 0.15) is 0 Å². The van der Waals surface area contributed by atoms with E-state index in [1.165, 1.54) is 12.2 Å². The number of carbonyl (C=O) groups is 1. The molecule has 3 heteroatoms. The third kappa shape index (κ3) is 6.60. The van der Waals surface area contributed by atoms with Crippen molar-refractivity contribution in [1.82, 2.24) is 0 Å². The van der Waals surface area contributed by atoms with Crippen LogP contribution in [0.15, 0.2) is 28.7 Å². The molecule has 0 saturated heterocycles. The summed E-state index contributed by atoms with van der Waals surface area (Å²) in [5.41, 5.74) is 0.824. The highest BCUT2D eigenvalue weighted by Gasteiger charge is 2.05. The summed E-state index contributed by atoms with van der Waals surface area (Å²) in [6.45, 7) is 4.50. The van der Waals surface area contributed by atoms with Crippen molar-refractivity contribution < 1.29 is 4.79 Å². The highest BCUT2D eigenvalue weighted by molar-refractivity contribution is 9.10. The average molecular weight is 329 g/mol. The second-order valence-corrected chi connectivity index (χ2v) is 6.97. The van der Waals surface area contributed by atoms with Crippen LogP contribution in [-0.4, -0.2) is 17.3 Å². The van der Waals surface area contributed by atoms with E-state index < -0.39 is 0 Å². The number of benzene rings is 1. The van der Waals surface area contributed by atoms with Crippen molar-refractivity contribution in [1.29, 1.82) is 0 Å². The number of halogens is 1. The van der Waals surface area contributed by atoms with Gasteiger partial charge in [-0.05, 0) is 42.4 Å². The molecule has 0 bridgehead atoms. The van der Waals surface area contributed by atoms with Gasteiger partial charge in [-0.15, -0.1) is 0 Å². The van der Waals surface area contributed by atoms with E-state index in [-0.39, 0.29) is 5.78 Å². The van der Waals surface area contributed by atoms with Gasteiger partial charge in [0, 0.05) is 16.5 Å². The Balaban J connectivity index is 2.16. The number of Topliss-reactive ketones (excluding diaryl/α,β-unsaturated/α-hetero) is 1. The fourth-order valence-corrected chi connectivity index (χ4v) is 2.99. The van der Waals surface area contributed by atoms with Crippen molar-refractivity contribution in [2.45, 2.75) is 33.1 Å². The number of carbonyl (C=O) groups excluding carboxylic acids is 1. The molecule has 0 heterocycles. The Labute approximate surface area is 123 Å². The molecule has 18 heavy (non-hydrogen) atoms. The van der Waals surface area contributed by atoms with E-state index in [2.05, 4.69) is 29.8 Å². The van der Waals surface area contributed by atoms with Crippen molar-refractivity contribution in [3.05, 3.63) is 34.3 Å². The first kappa shape index (κ1) is 15.8. The van der Waals surface area contributed by atoms with Gasteiger partial charge in [-0.25, -0.2) is 0 Å². The molecule has 0 amide bonds. The molecule has 0 atom stereocenters. The molecule has 0 unspecified atom stereocenters. The first-order chi connectivity index (χ1) is 8.59. The van der Waals surface area contributed by atoms with E-state index in [1.807, 2.05) is 36.0 Å². The molecule has 0 aromatic heterocycles. The maximum atomic E-state index is 11.9. The van der Waals surface area contributed by atoms with Gasteiger partial charge in [0.2, 0.25) is 0 Å². The molecule has 0 saturated carbocycles. The number of hydrogen-bond donors (Lipinski definition) is 0. The Morgan fingerprint density at radius 3 is 2.50 bits per heavy atom. The minimum absolute atomic E-state index is 0.256. The van der Waals surface area contributed by atoms with E-state index in [1.54, 1.807) is 0 Å². The molecule has 0 aliphatic heterocycles. The molecule has 0 spiro atoms. The van der Waals surface area contributed by atoms with Gasteiger partial charge in [-0.2, -0.15) is 11.8 Å². The van der Waals surface area contributed by atoms with Crippen molar-refractivity contribution >= 4 is 33.5 Å². The van der Waals surface area contributed by atoms with Crippen LogP contribution in [0.3, 0.4) is 0 Å². The summed E-state index contributed by atoms with van der Waals surface area (Å²) < 4.78 is 1.02. The Kier molecular flexibility index (Phi) is 7.68. The fourth-order valence-electron chi connectivity index (χ4n) is 1.54. The van der Waals surface area contributed by atoms with E-state index in [0.717, 1.165) is 28.1 Å². The molecule has 0 fully saturated rings. The van der Waals surface area contributed by atoms with Crippen LogP contribution in [0, 0.1) is 5.92 Å². The molecule has 1 nitrogen and oxygen atoms in total. The van der Waals surface area contributed by atoms with Crippen molar-refractivity contribution in [3.8, 4) is 0 Å². The first-order valence-corrected chi connectivity index (χ1v) is 8.41. The largest absolute Gasteiger partial charge is 0.294 e. The standard InChI is InChI=1S/C15H21BrOS/c1-12(2)9-11-18-10-3-4-15(17)13-5-7-14(16)8-6-13/h5-8,12H,3-4,9-11H2,1-2H3. The highest BCUT2D eigenvalue weighted by Crippen LogP contribution is 2.14. The third-order valence-corrected chi connectivity index (χ3v) is 4.33. The second kappa shape index (κ2) is 8.76. The summed E-state index contributed by atoms with van der Waals surface area (Å²) in [6.07, 6.45) is 2.92. The molecule has 0 N–H and O–H groups in total. The maximum Gasteiger partial charge on any atom is 0.162 e. The molecule has 1 aromatic rings. The van der Waals surface area contributed by atoms with Gasteiger partial charge in [-0.3, -0.25) is 4.79 Å². The predicted octanol–water partition coefficient (Wildman–Crippen LogP) is 5.19. The molecular formula is C15H21BrOS. The van der Waals surface area contributed by atoms with Gasteiger partial charge >= 0.3 is 0 Å². The smallest absolute Gasteiger partial charge is 0.162 e. The van der Waals surface area contributed by atoms with Crippen LogP contribution in [0.5, 0.6) is 0 Å². The van der Waals surface area contributed by atoms with Crippen LogP contribution in [0.2, 0.25) is 0 Å². The van der Waals surface area contributed by atoms with Crippen molar-refractivity contribution in [2.24, 2.45) is 5.92 Å². The average Bonchev–Trinajstić information content (AvgIpc) is 2.34. The molecule has 100 valence electrons. The van der Waals surface area contributed by atoms with Gasteiger partial charge in [0.05, 0.1) is 0 Å². The van der Waals surface area contributed by atoms with E-state index >= 15 is 0 Å². The highest BCUT2D eigenvalue weighted by atomic mass is 79.9. The van der Waals surface area contributed by atoms with Gasteiger partial charge in [-0.1, -0.05) is 41.9 Å². The van der Waals surface area contributed by atoms with Crippen LogP contribution in [0.1, 0.15) is 43.5 Å². The zero-order valence-electron chi connectivity index (χ0n) is 11.1. The number of hydrogen-bond acceptors (Lipinski definition) is 2. The first-order valence-electron chi connectivity index (χ1n) is 6.46. The zero-order valence-corrected chi connectivity index (χ0v) is 13.5. The summed E-state index contributed by atoms with van der Waals surface area (Å²) in [7, 11) is 0. The van der Waals surface area contributed by atoms with Crippen LogP contribution >= 0.6 is 27.7 Å². The molecule has 0 aliphatic rings. The monoisotopic (exact) mass is 328 g/mol. The van der Waals surface area contributed by atoms with E-state index in [9.17, 15) is 4.79 Å². The van der Waals surface area contributed by atoms with E-state index in [4.69, 9.17) is 0 Å². The molecule has 0 radical (unpaired) electrons. The maximum absolute atomic E-state index is 11.9. The number of thioether (sulfide) groups is 1. The molecule has 1 aromatic carbocycles. The lowest BCUT2D eigenvalue weighted by Gasteiger charge is -2.04. The lowest BCUT2D eigenvalue weighted by Crippen LogP contribution is -1.99. The summed E-state index contributed by atoms with van der Waals surface area (Å²) in [5.74, 6) is 3.34. The predicted molar refractivity (Wildman–Crippen MR) is 84.5 cm³/mol. The van der Waals surface area contributed by atoms with Gasteiger partial charge in [0.15, 0.2) is 5.78 Å². The van der Waals surface area contributed by atoms with E-state index in [0.29, 0.717) is 6.42 Å². The Hall–Kier alpha value is -0.280. The topological polar surface area (TPSA) is 17.1 Å². The van der Waals surface area contributed by atoms with Crippen LogP contribution in [0.25, 0.3) is 0 Å². The third-order valence-electron chi connectivity index (χ3n) is 2.70. The summed E-state index contributed by atoms with van der Waals surface area (Å²) >= 11 is 5.33. The second-order valence-electron chi connectivity index (χ2n) is 4.83. The molecule has 1 rings (SSSR count).